The number of benzene rings is 1. The zero-order chi connectivity index (χ0) is 15.3. The van der Waals surface area contributed by atoms with Crippen LogP contribution in [0.25, 0.3) is 0 Å². The van der Waals surface area contributed by atoms with E-state index in [1.54, 1.807) is 0 Å². The average molecular weight is 280 g/mol. The summed E-state index contributed by atoms with van der Waals surface area (Å²) in [5, 5.41) is 29.9. The van der Waals surface area contributed by atoms with Crippen LogP contribution in [-0.4, -0.2) is 23.6 Å². The van der Waals surface area contributed by atoms with Gasteiger partial charge in [-0.1, -0.05) is 0 Å². The molecule has 0 atom stereocenters. The fraction of sp³-hybridized carbons (Fsp3) is 0.100. The Labute approximate surface area is 112 Å². The van der Waals surface area contributed by atoms with Crippen LogP contribution in [0.5, 0.6) is 5.75 Å². The molecular formula is C10H9FN6O3. The standard InChI is InChI=1S/C10H9FN6O3/c1-20-9-3-8(17(18)19)6(2-5(9)11)15-16-7(4-12)10(13)14/h2-3,15H,1H3,(H3,13,14)/b16-7+. The van der Waals surface area contributed by atoms with Gasteiger partial charge in [-0.15, -0.1) is 0 Å². The number of hydrogen-bond donors (Lipinski definition) is 3. The molecule has 1 aromatic carbocycles. The Morgan fingerprint density at radius 2 is 2.35 bits per heavy atom. The van der Waals surface area contributed by atoms with Gasteiger partial charge in [0, 0.05) is 6.07 Å². The van der Waals surface area contributed by atoms with E-state index in [2.05, 4.69) is 15.3 Å². The van der Waals surface area contributed by atoms with Crippen molar-refractivity contribution in [1.82, 2.24) is 0 Å². The molecule has 0 heterocycles. The van der Waals surface area contributed by atoms with E-state index >= 15 is 0 Å². The van der Waals surface area contributed by atoms with Crippen LogP contribution in [0.1, 0.15) is 0 Å². The first-order valence-electron chi connectivity index (χ1n) is 5.00. The Bertz CT molecular complexity index is 637. The van der Waals surface area contributed by atoms with Crippen LogP contribution in [0.4, 0.5) is 15.8 Å². The summed E-state index contributed by atoms with van der Waals surface area (Å²) in [6.45, 7) is 0. The summed E-state index contributed by atoms with van der Waals surface area (Å²) in [7, 11) is 1.16. The quantitative estimate of drug-likeness (QED) is 0.316. The van der Waals surface area contributed by atoms with Gasteiger partial charge in [-0.05, 0) is 0 Å². The number of ether oxygens (including phenoxy) is 1. The number of hydrogen-bond acceptors (Lipinski definition) is 7. The van der Waals surface area contributed by atoms with Crippen LogP contribution in [0.2, 0.25) is 0 Å². The Balaban J connectivity index is 3.25. The van der Waals surface area contributed by atoms with E-state index in [-0.39, 0.29) is 11.4 Å². The van der Waals surface area contributed by atoms with Gasteiger partial charge in [-0.3, -0.25) is 20.9 Å². The van der Waals surface area contributed by atoms with E-state index in [0.29, 0.717) is 0 Å². The molecule has 104 valence electrons. The number of rotatable bonds is 5. The molecule has 0 saturated carbocycles. The second-order valence-corrected chi connectivity index (χ2v) is 3.36. The second-order valence-electron chi connectivity index (χ2n) is 3.36. The van der Waals surface area contributed by atoms with Crippen LogP contribution in [0.3, 0.4) is 0 Å². The molecule has 20 heavy (non-hydrogen) atoms. The number of halogens is 1. The van der Waals surface area contributed by atoms with Crippen molar-refractivity contribution in [3.8, 4) is 11.8 Å². The molecule has 0 saturated heterocycles. The van der Waals surface area contributed by atoms with Crippen molar-refractivity contribution in [2.75, 3.05) is 12.5 Å². The van der Waals surface area contributed by atoms with Crippen molar-refractivity contribution in [2.24, 2.45) is 10.8 Å². The van der Waals surface area contributed by atoms with Crippen LogP contribution in [0.15, 0.2) is 17.2 Å². The molecule has 0 aliphatic rings. The normalized spacial score (nSPS) is 10.6. The highest BCUT2D eigenvalue weighted by Crippen LogP contribution is 2.31. The maximum atomic E-state index is 13.5. The van der Waals surface area contributed by atoms with E-state index in [1.807, 2.05) is 0 Å². The van der Waals surface area contributed by atoms with Crippen molar-refractivity contribution in [3.63, 3.8) is 0 Å². The number of nitro groups is 1. The van der Waals surface area contributed by atoms with Gasteiger partial charge in [-0.2, -0.15) is 10.4 Å². The van der Waals surface area contributed by atoms with Crippen molar-refractivity contribution in [2.45, 2.75) is 0 Å². The van der Waals surface area contributed by atoms with E-state index in [1.165, 1.54) is 6.07 Å². The number of anilines is 1. The van der Waals surface area contributed by atoms with Crippen molar-refractivity contribution < 1.29 is 14.1 Å². The minimum absolute atomic E-state index is 0.303. The molecule has 0 fully saturated rings. The number of nitrogens with zero attached hydrogens (tertiary/aromatic N) is 3. The van der Waals surface area contributed by atoms with Gasteiger partial charge in [0.1, 0.15) is 11.8 Å². The largest absolute Gasteiger partial charge is 0.493 e. The molecule has 1 rings (SSSR count). The lowest BCUT2D eigenvalue weighted by Crippen LogP contribution is -2.22. The lowest BCUT2D eigenvalue weighted by atomic mass is 10.2. The molecule has 4 N–H and O–H groups in total. The maximum Gasteiger partial charge on any atom is 0.298 e. The lowest BCUT2D eigenvalue weighted by Gasteiger charge is -2.06. The van der Waals surface area contributed by atoms with Gasteiger partial charge >= 0.3 is 0 Å². The van der Waals surface area contributed by atoms with Gasteiger partial charge in [0.2, 0.25) is 5.71 Å². The molecular weight excluding hydrogens is 271 g/mol. The lowest BCUT2D eigenvalue weighted by molar-refractivity contribution is -0.384. The average Bonchev–Trinajstić information content (AvgIpc) is 2.38. The van der Waals surface area contributed by atoms with Crippen molar-refractivity contribution in [3.05, 3.63) is 28.1 Å². The summed E-state index contributed by atoms with van der Waals surface area (Å²) in [6, 6.07) is 3.16. The predicted octanol–water partition coefficient (Wildman–Crippen LogP) is 0.970. The maximum absolute atomic E-state index is 13.5. The molecule has 0 bridgehead atoms. The number of nitro benzene ring substituents is 1. The first-order valence-corrected chi connectivity index (χ1v) is 5.00. The van der Waals surface area contributed by atoms with Crippen LogP contribution in [-0.2, 0) is 0 Å². The van der Waals surface area contributed by atoms with E-state index in [4.69, 9.17) is 16.4 Å². The molecule has 1 aromatic rings. The Kier molecular flexibility index (Phi) is 4.52. The highest BCUT2D eigenvalue weighted by atomic mass is 19.1. The first kappa shape index (κ1) is 14.8. The molecule has 0 amide bonds. The number of nitrogens with two attached hydrogens (primary N) is 1. The number of hydrazone groups is 1. The van der Waals surface area contributed by atoms with Crippen LogP contribution < -0.4 is 15.9 Å². The number of nitrogens with one attached hydrogen (secondary N) is 2. The highest BCUT2D eigenvalue weighted by Gasteiger charge is 2.19. The van der Waals surface area contributed by atoms with Gasteiger partial charge in [0.25, 0.3) is 5.69 Å². The smallest absolute Gasteiger partial charge is 0.298 e. The van der Waals surface area contributed by atoms with Gasteiger partial charge in [0.15, 0.2) is 17.4 Å². The zero-order valence-electron chi connectivity index (χ0n) is 10.2. The molecule has 0 aromatic heterocycles. The molecule has 0 spiro atoms. The fourth-order valence-electron chi connectivity index (χ4n) is 1.20. The third-order valence-corrected chi connectivity index (χ3v) is 2.12. The summed E-state index contributed by atoms with van der Waals surface area (Å²) >= 11 is 0. The predicted molar refractivity (Wildman–Crippen MR) is 68.2 cm³/mol. The van der Waals surface area contributed by atoms with Crippen molar-refractivity contribution in [1.29, 1.82) is 10.7 Å². The van der Waals surface area contributed by atoms with Gasteiger partial charge in [0.05, 0.1) is 18.1 Å². The zero-order valence-corrected chi connectivity index (χ0v) is 10.2. The van der Waals surface area contributed by atoms with E-state index < -0.39 is 28.0 Å². The number of methoxy groups -OCH3 is 1. The minimum Gasteiger partial charge on any atom is -0.493 e. The van der Waals surface area contributed by atoms with Gasteiger partial charge in [-0.25, -0.2) is 4.39 Å². The molecule has 10 heteroatoms. The molecule has 0 aliphatic carbocycles. The molecule has 0 radical (unpaired) electrons. The van der Waals surface area contributed by atoms with Crippen molar-refractivity contribution >= 4 is 22.9 Å². The van der Waals surface area contributed by atoms with E-state index in [0.717, 1.165) is 19.2 Å². The summed E-state index contributed by atoms with van der Waals surface area (Å²) in [5.41, 5.74) is 5.87. The monoisotopic (exact) mass is 280 g/mol. The third-order valence-electron chi connectivity index (χ3n) is 2.12. The molecule has 9 nitrogen and oxygen atoms in total. The molecule has 0 aliphatic heterocycles. The SMILES string of the molecule is COc1cc([N+](=O)[O-])c(N/N=C(\C#N)C(=N)N)cc1F. The topological polar surface area (TPSA) is 150 Å². The number of nitriles is 1. The second kappa shape index (κ2) is 6.10. The van der Waals surface area contributed by atoms with Crippen LogP contribution in [0, 0.1) is 32.7 Å². The van der Waals surface area contributed by atoms with Crippen LogP contribution >= 0.6 is 0 Å². The Morgan fingerprint density at radius 3 is 2.80 bits per heavy atom. The number of amidine groups is 1. The van der Waals surface area contributed by atoms with E-state index in [9.17, 15) is 14.5 Å². The summed E-state index contributed by atoms with van der Waals surface area (Å²) < 4.78 is 18.1. The molecule has 0 unspecified atom stereocenters. The summed E-state index contributed by atoms with van der Waals surface area (Å²) in [6.07, 6.45) is 0. The summed E-state index contributed by atoms with van der Waals surface area (Å²) in [5.74, 6) is -1.79. The van der Waals surface area contributed by atoms with Gasteiger partial charge < -0.3 is 10.5 Å². The Morgan fingerprint density at radius 1 is 1.70 bits per heavy atom. The minimum atomic E-state index is -0.850. The summed E-state index contributed by atoms with van der Waals surface area (Å²) in [4.78, 5) is 10.1. The third kappa shape index (κ3) is 3.16. The fourth-order valence-corrected chi connectivity index (χ4v) is 1.20. The Hall–Kier alpha value is -3.22. The highest BCUT2D eigenvalue weighted by molar-refractivity contribution is 6.45. The first-order chi connectivity index (χ1) is 9.40.